The molecule has 28 nitrogen and oxygen atoms in total. The molecule has 0 radical (unpaired) electrons. The molecule has 2 aliphatic heterocycles. The molecule has 766 valence electrons. The number of hydrogen-bond donors (Lipinski definition) is 3. The molecule has 3 aromatic heterocycles. The lowest BCUT2D eigenvalue weighted by Gasteiger charge is -2.21. The van der Waals surface area contributed by atoms with Gasteiger partial charge in [0.15, 0.2) is 127 Å². The van der Waals surface area contributed by atoms with Crippen LogP contribution in [0.1, 0.15) is 248 Å². The van der Waals surface area contributed by atoms with Crippen molar-refractivity contribution in [2.24, 2.45) is 0 Å². The quantitative estimate of drug-likeness (QED) is 0.0298. The highest BCUT2D eigenvalue weighted by atomic mass is 16.6. The van der Waals surface area contributed by atoms with Crippen molar-refractivity contribution in [2.75, 3.05) is 79.3 Å². The smallest absolute Gasteiger partial charge is 0.335 e. The molecule has 0 fully saturated rings. The molecular weight excluding hydrogens is 1840 g/mol. The van der Waals surface area contributed by atoms with Gasteiger partial charge >= 0.3 is 5.97 Å². The van der Waals surface area contributed by atoms with Gasteiger partial charge in [-0.3, -0.25) is 0 Å². The summed E-state index contributed by atoms with van der Waals surface area (Å²) >= 11 is 0. The number of carboxylic acids is 1. The SMILES string of the molecule is CCCCOc1cccc(OCCCC)c1Oc1cc2c(cc1Oc1c(OCCCC)cccc1OCCCC)-c1nc-2nc2[nH]c(nc3nc(nc4[nH]c(n1)c1cc(Oc5c(OCCCC)cccc5OCCCC)c(Oc5c(OCCCC)cccc5OCCCC)cc41)-c1cc(Oc4c(OCCCC)cccc4OCCCC)c(Oc4c(OCCCC)cccc4OCCCC)cc1-3)c1cc(C(=O)O)ccc21. The monoisotopic (exact) mass is 1980 g/mol. The lowest BCUT2D eigenvalue weighted by Crippen LogP contribution is -2.04. The minimum absolute atomic E-state index is 0.0349. The van der Waals surface area contributed by atoms with Gasteiger partial charge < -0.3 is 100 Å². The average molecular weight is 1980 g/mol. The van der Waals surface area contributed by atoms with E-state index in [0.29, 0.717) is 192 Å². The third kappa shape index (κ3) is 26.3. The molecule has 0 saturated heterocycles. The number of aromatic amines is 2. The summed E-state index contributed by atoms with van der Waals surface area (Å²) in [6, 6.07) is 49.5. The number of rotatable bonds is 61. The summed E-state index contributed by atoms with van der Waals surface area (Å²) in [4.78, 5) is 54.7. The molecule has 15 rings (SSSR count). The Bertz CT molecular complexity index is 6530. The summed E-state index contributed by atoms with van der Waals surface area (Å²) < 4.78 is 125. The van der Waals surface area contributed by atoms with Crippen LogP contribution in [0.5, 0.6) is 138 Å². The highest BCUT2D eigenvalue weighted by Crippen LogP contribution is 2.56. The van der Waals surface area contributed by atoms with Gasteiger partial charge in [0, 0.05) is 43.8 Å². The molecule has 28 heteroatoms. The molecule has 3 N–H and O–H groups in total. The topological polar surface area (TPSA) is 312 Å². The standard InChI is InChI=1S/C117H138N8O20/c1-13-25-57-128-85-43-37-44-86(129-58-26-14-2)103(85)140-97-70-79-80(71-98(97)141-104-87(130-59-27-15-3)45-38-46-88(104)131-60-28-16-4)113-121-111(79)119-109-77-56-55-76(117(126)127)69-78(77)110(118-109)120-112-81-72-99(142-105-89(132-61-29-17-5)47-39-48-90(105)133-62-30-18-6)100(143-106-91(134-63-31-19-7)49-40-50-92(106)135-64-32-20-8)73-82(81)114(122-112)124-116-84-75-102(145-108-95(138-67-35-23-11)53-42-54-96(108)139-68-36-24-12)101(74-83(84)115(123-113)125-116)144-107-93(136-65-33-21-9)51-41-52-94(107)137-66-34-22-10/h37-56,69-75H,13-36,57-68H2,1-12H3,(H,126,127)(H2,118,119,120,121,122,123,124,125). The van der Waals surface area contributed by atoms with Crippen LogP contribution in [0.4, 0.5) is 0 Å². The van der Waals surface area contributed by atoms with Crippen LogP contribution in [-0.2, 0) is 0 Å². The molecule has 0 amide bonds. The van der Waals surface area contributed by atoms with Gasteiger partial charge in [-0.15, -0.1) is 0 Å². The van der Waals surface area contributed by atoms with E-state index in [0.717, 1.165) is 154 Å². The third-order valence-electron chi connectivity index (χ3n) is 24.3. The maximum absolute atomic E-state index is 13.5. The number of carbonyl (C=O) groups is 1. The Morgan fingerprint density at radius 3 is 0.566 bits per heavy atom. The highest BCUT2D eigenvalue weighted by Gasteiger charge is 2.34. The number of hydrogen-bond acceptors (Lipinski definition) is 25. The molecular formula is C117H138N8O20. The first-order valence-electron chi connectivity index (χ1n) is 52.4. The Morgan fingerprint density at radius 2 is 0.386 bits per heavy atom. The first-order chi connectivity index (χ1) is 71.2. The van der Waals surface area contributed by atoms with Crippen molar-refractivity contribution in [3.05, 3.63) is 169 Å². The summed E-state index contributed by atoms with van der Waals surface area (Å²) in [5.41, 5.74) is 2.37. The maximum Gasteiger partial charge on any atom is 0.335 e. The first kappa shape index (κ1) is 105. The fourth-order valence-corrected chi connectivity index (χ4v) is 15.9. The van der Waals surface area contributed by atoms with E-state index in [1.54, 1.807) is 18.2 Å². The molecule has 0 atom stereocenters. The van der Waals surface area contributed by atoms with E-state index in [1.807, 2.05) is 140 Å². The lowest BCUT2D eigenvalue weighted by molar-refractivity contribution is 0.0696. The second kappa shape index (κ2) is 53.1. The minimum Gasteiger partial charge on any atom is -0.490 e. The summed E-state index contributed by atoms with van der Waals surface area (Å²) in [5, 5.41) is 12.7. The predicted octanol–water partition coefficient (Wildman–Crippen LogP) is 31.5. The largest absolute Gasteiger partial charge is 0.490 e. The lowest BCUT2D eigenvalue weighted by atomic mass is 10.1. The normalized spacial score (nSPS) is 11.4. The number of aromatic nitrogens is 8. The number of H-pyrrole nitrogens is 2. The molecule has 0 saturated carbocycles. The van der Waals surface area contributed by atoms with Crippen LogP contribution >= 0.6 is 0 Å². The average Bonchev–Trinajstić information content (AvgIpc) is 1.59. The van der Waals surface area contributed by atoms with Crippen molar-refractivity contribution < 1.29 is 95.2 Å². The van der Waals surface area contributed by atoms with Crippen LogP contribution < -0.4 is 85.3 Å². The van der Waals surface area contributed by atoms with Crippen molar-refractivity contribution >= 4 is 50.1 Å². The van der Waals surface area contributed by atoms with Crippen LogP contribution in [0, 0.1) is 0 Å². The Labute approximate surface area is 849 Å². The summed E-state index contributed by atoms with van der Waals surface area (Å²) in [6.07, 6.45) is 19.4. The molecule has 145 heavy (non-hydrogen) atoms. The summed E-state index contributed by atoms with van der Waals surface area (Å²) in [7, 11) is 0. The number of unbranched alkanes of at least 4 members (excludes halogenated alkanes) is 12. The maximum atomic E-state index is 13.5. The Hall–Kier alpha value is -14.6. The first-order valence-corrected chi connectivity index (χ1v) is 52.4. The van der Waals surface area contributed by atoms with Crippen LogP contribution in [0.15, 0.2) is 164 Å². The minimum atomic E-state index is -1.18. The number of nitrogens with one attached hydrogen (secondary N) is 2. The fraction of sp³-hybridized carbons (Fsp3) is 0.410. The molecule has 10 aromatic carbocycles. The van der Waals surface area contributed by atoms with Crippen molar-refractivity contribution in [1.29, 1.82) is 0 Å². The number of nitrogens with zero attached hydrogens (tertiary/aromatic N) is 6. The van der Waals surface area contributed by atoms with Crippen molar-refractivity contribution in [3.8, 4) is 184 Å². The number of aromatic carboxylic acids is 1. The molecule has 0 unspecified atom stereocenters. The molecule has 2 aliphatic rings. The van der Waals surface area contributed by atoms with E-state index < -0.39 is 5.97 Å². The summed E-state index contributed by atoms with van der Waals surface area (Å²) in [5.74, 6) is 7.08. The number of carboxylic acid groups (broad SMARTS) is 1. The Balaban J connectivity index is 1.10. The van der Waals surface area contributed by atoms with Gasteiger partial charge in [0.2, 0.25) is 34.5 Å². The number of ether oxygens (including phenoxy) is 18. The second-order valence-corrected chi connectivity index (χ2v) is 35.7. The van der Waals surface area contributed by atoms with Gasteiger partial charge in [0.1, 0.15) is 22.6 Å². The predicted molar refractivity (Wildman–Crippen MR) is 567 cm³/mol. The van der Waals surface area contributed by atoms with Gasteiger partial charge in [0.25, 0.3) is 0 Å². The van der Waals surface area contributed by atoms with E-state index in [9.17, 15) is 9.90 Å². The van der Waals surface area contributed by atoms with Gasteiger partial charge in [-0.1, -0.05) is 197 Å². The van der Waals surface area contributed by atoms with Crippen LogP contribution in [0.2, 0.25) is 0 Å². The Morgan fingerprint density at radius 1 is 0.214 bits per heavy atom. The van der Waals surface area contributed by atoms with Crippen LogP contribution in [-0.4, -0.2) is 130 Å². The Kier molecular flexibility index (Phi) is 38.4. The fourth-order valence-electron chi connectivity index (χ4n) is 15.9. The zero-order valence-electron chi connectivity index (χ0n) is 85.9. The van der Waals surface area contributed by atoms with Crippen LogP contribution in [0.3, 0.4) is 0 Å². The zero-order valence-corrected chi connectivity index (χ0v) is 85.9. The van der Waals surface area contributed by atoms with Crippen molar-refractivity contribution in [1.82, 2.24) is 39.9 Å². The van der Waals surface area contributed by atoms with Gasteiger partial charge in [-0.05, 0) is 204 Å². The molecule has 13 aromatic rings. The van der Waals surface area contributed by atoms with Crippen molar-refractivity contribution in [3.63, 3.8) is 0 Å². The highest BCUT2D eigenvalue weighted by molar-refractivity contribution is 6.09. The molecule has 0 aliphatic carbocycles. The van der Waals surface area contributed by atoms with Crippen molar-refractivity contribution in [2.45, 2.75) is 237 Å². The number of fused-ring (bicyclic) bond motifs is 20. The molecule has 0 spiro atoms. The van der Waals surface area contributed by atoms with E-state index in [-0.39, 0.29) is 120 Å². The van der Waals surface area contributed by atoms with Gasteiger partial charge in [-0.25, -0.2) is 34.7 Å². The van der Waals surface area contributed by atoms with Gasteiger partial charge in [0.05, 0.1) is 84.8 Å². The van der Waals surface area contributed by atoms with E-state index in [1.165, 1.54) is 6.07 Å². The van der Waals surface area contributed by atoms with Gasteiger partial charge in [-0.2, -0.15) is 0 Å². The van der Waals surface area contributed by atoms with E-state index in [2.05, 4.69) is 93.1 Å². The van der Waals surface area contributed by atoms with Crippen LogP contribution in [0.25, 0.3) is 89.7 Å². The van der Waals surface area contributed by atoms with E-state index >= 15 is 0 Å². The summed E-state index contributed by atoms with van der Waals surface area (Å²) in [6.45, 7) is 29.8. The van der Waals surface area contributed by atoms with E-state index in [4.69, 9.17) is 115 Å². The second-order valence-electron chi connectivity index (χ2n) is 35.7. The number of benzene rings is 10. The molecule has 5 heterocycles. The molecule has 8 bridgehead atoms. The zero-order chi connectivity index (χ0) is 101. The number of para-hydroxylation sites is 6. The third-order valence-corrected chi connectivity index (χ3v) is 24.3.